The van der Waals surface area contributed by atoms with E-state index in [1.54, 1.807) is 7.11 Å². The van der Waals surface area contributed by atoms with E-state index in [1.165, 1.54) is 32.2 Å². The van der Waals surface area contributed by atoms with Crippen LogP contribution in [-0.2, 0) is 4.74 Å². The minimum atomic E-state index is 0.482. The normalized spacial score (nSPS) is 24.2. The summed E-state index contributed by atoms with van der Waals surface area (Å²) in [5, 5.41) is 0. The third-order valence-corrected chi connectivity index (χ3v) is 3.57. The van der Waals surface area contributed by atoms with Crippen molar-refractivity contribution in [3.05, 3.63) is 0 Å². The number of ether oxygens (including phenoxy) is 1. The van der Waals surface area contributed by atoms with Gasteiger partial charge in [-0.05, 0) is 37.6 Å². The van der Waals surface area contributed by atoms with Gasteiger partial charge in [0, 0.05) is 26.2 Å². The molecular formula is C11H22N2O. The van der Waals surface area contributed by atoms with Gasteiger partial charge >= 0.3 is 0 Å². The Morgan fingerprint density at radius 1 is 1.43 bits per heavy atom. The zero-order valence-electron chi connectivity index (χ0n) is 9.17. The van der Waals surface area contributed by atoms with Crippen LogP contribution in [0.1, 0.15) is 25.7 Å². The van der Waals surface area contributed by atoms with Crippen LogP contribution in [0.4, 0.5) is 0 Å². The predicted octanol–water partition coefficient (Wildman–Crippen LogP) is 0.836. The summed E-state index contributed by atoms with van der Waals surface area (Å²) in [6.07, 6.45) is 5.42. The molecule has 14 heavy (non-hydrogen) atoms. The van der Waals surface area contributed by atoms with E-state index in [-0.39, 0.29) is 0 Å². The van der Waals surface area contributed by atoms with Crippen LogP contribution in [0.2, 0.25) is 0 Å². The van der Waals surface area contributed by atoms with Crippen LogP contribution in [0.5, 0.6) is 0 Å². The molecule has 0 aromatic rings. The minimum Gasteiger partial charge on any atom is -0.383 e. The van der Waals surface area contributed by atoms with E-state index in [1.807, 2.05) is 0 Å². The molecule has 2 rings (SSSR count). The molecule has 3 nitrogen and oxygen atoms in total. The van der Waals surface area contributed by atoms with Crippen LogP contribution >= 0.6 is 0 Å². The first-order valence-corrected chi connectivity index (χ1v) is 5.73. The molecule has 2 aliphatic carbocycles. The van der Waals surface area contributed by atoms with Gasteiger partial charge in [-0.2, -0.15) is 0 Å². The molecule has 2 aliphatic rings. The highest BCUT2D eigenvalue weighted by Crippen LogP contribution is 2.46. The average molecular weight is 198 g/mol. The number of hydrogen-bond donors (Lipinski definition) is 1. The summed E-state index contributed by atoms with van der Waals surface area (Å²) in [5.74, 6) is 0. The van der Waals surface area contributed by atoms with Crippen molar-refractivity contribution in [1.29, 1.82) is 0 Å². The molecule has 0 radical (unpaired) electrons. The van der Waals surface area contributed by atoms with Gasteiger partial charge in [-0.15, -0.1) is 0 Å². The topological polar surface area (TPSA) is 38.5 Å². The zero-order valence-corrected chi connectivity index (χ0v) is 9.17. The Kier molecular flexibility index (Phi) is 3.10. The Labute approximate surface area is 86.6 Å². The lowest BCUT2D eigenvalue weighted by molar-refractivity contribution is 0.129. The molecule has 0 amide bonds. The predicted molar refractivity (Wildman–Crippen MR) is 57.2 cm³/mol. The quantitative estimate of drug-likeness (QED) is 0.658. The lowest BCUT2D eigenvalue weighted by Crippen LogP contribution is -2.37. The van der Waals surface area contributed by atoms with Crippen LogP contribution in [0.15, 0.2) is 0 Å². The van der Waals surface area contributed by atoms with Crippen molar-refractivity contribution in [3.8, 4) is 0 Å². The summed E-state index contributed by atoms with van der Waals surface area (Å²) in [4.78, 5) is 2.59. The molecule has 82 valence electrons. The lowest BCUT2D eigenvalue weighted by Gasteiger charge is -2.26. The summed E-state index contributed by atoms with van der Waals surface area (Å²) in [6, 6.07) is 0.842. The fraction of sp³-hybridized carbons (Fsp3) is 1.00. The van der Waals surface area contributed by atoms with Crippen molar-refractivity contribution in [2.24, 2.45) is 11.1 Å². The fourth-order valence-corrected chi connectivity index (χ4v) is 2.07. The SMILES string of the molecule is COCCN(CC1(CN)CC1)C1CC1. The van der Waals surface area contributed by atoms with Crippen molar-refractivity contribution in [3.63, 3.8) is 0 Å². The van der Waals surface area contributed by atoms with Gasteiger partial charge in [0.25, 0.3) is 0 Å². The first kappa shape index (κ1) is 10.4. The Morgan fingerprint density at radius 3 is 2.57 bits per heavy atom. The van der Waals surface area contributed by atoms with E-state index in [4.69, 9.17) is 10.5 Å². The molecule has 3 heteroatoms. The maximum Gasteiger partial charge on any atom is 0.0589 e. The largest absolute Gasteiger partial charge is 0.383 e. The molecule has 0 saturated heterocycles. The summed E-state index contributed by atoms with van der Waals surface area (Å²) < 4.78 is 5.15. The summed E-state index contributed by atoms with van der Waals surface area (Å²) in [5.41, 5.74) is 6.29. The van der Waals surface area contributed by atoms with E-state index in [2.05, 4.69) is 4.90 Å². The van der Waals surface area contributed by atoms with Gasteiger partial charge in [-0.3, -0.25) is 4.90 Å². The molecule has 0 heterocycles. The van der Waals surface area contributed by atoms with Gasteiger partial charge in [0.05, 0.1) is 6.61 Å². The first-order valence-electron chi connectivity index (χ1n) is 5.73. The Balaban J connectivity index is 1.78. The van der Waals surface area contributed by atoms with E-state index < -0.39 is 0 Å². The molecule has 0 aliphatic heterocycles. The Hall–Kier alpha value is -0.120. The Morgan fingerprint density at radius 2 is 2.14 bits per heavy atom. The summed E-state index contributed by atoms with van der Waals surface area (Å²) >= 11 is 0. The van der Waals surface area contributed by atoms with Crippen molar-refractivity contribution in [2.75, 3.05) is 33.4 Å². The van der Waals surface area contributed by atoms with Crippen LogP contribution in [-0.4, -0.2) is 44.3 Å². The van der Waals surface area contributed by atoms with Gasteiger partial charge in [-0.1, -0.05) is 0 Å². The number of nitrogens with zero attached hydrogens (tertiary/aromatic N) is 1. The van der Waals surface area contributed by atoms with E-state index in [9.17, 15) is 0 Å². The van der Waals surface area contributed by atoms with Crippen LogP contribution in [0.25, 0.3) is 0 Å². The van der Waals surface area contributed by atoms with Crippen LogP contribution in [0, 0.1) is 5.41 Å². The van der Waals surface area contributed by atoms with Crippen molar-refractivity contribution in [2.45, 2.75) is 31.7 Å². The molecule has 2 N–H and O–H groups in total. The smallest absolute Gasteiger partial charge is 0.0589 e. The van der Waals surface area contributed by atoms with Gasteiger partial charge in [0.2, 0.25) is 0 Å². The van der Waals surface area contributed by atoms with E-state index in [0.717, 1.165) is 25.7 Å². The minimum absolute atomic E-state index is 0.482. The zero-order chi connectivity index (χ0) is 10.0. The number of nitrogens with two attached hydrogens (primary N) is 1. The second kappa shape index (κ2) is 4.17. The van der Waals surface area contributed by atoms with Gasteiger partial charge in [0.15, 0.2) is 0 Å². The van der Waals surface area contributed by atoms with Crippen LogP contribution in [0.3, 0.4) is 0 Å². The second-order valence-corrected chi connectivity index (χ2v) is 4.90. The lowest BCUT2D eigenvalue weighted by atomic mass is 10.1. The van der Waals surface area contributed by atoms with Crippen molar-refractivity contribution < 1.29 is 4.74 Å². The maximum absolute atomic E-state index is 5.81. The molecule has 2 fully saturated rings. The summed E-state index contributed by atoms with van der Waals surface area (Å²) in [7, 11) is 1.78. The highest BCUT2D eigenvalue weighted by atomic mass is 16.5. The molecule has 0 atom stereocenters. The fourth-order valence-electron chi connectivity index (χ4n) is 2.07. The third kappa shape index (κ3) is 2.47. The maximum atomic E-state index is 5.81. The van der Waals surface area contributed by atoms with Gasteiger partial charge in [-0.25, -0.2) is 0 Å². The highest BCUT2D eigenvalue weighted by molar-refractivity contribution is 4.99. The Bertz CT molecular complexity index is 188. The number of methoxy groups -OCH3 is 1. The monoisotopic (exact) mass is 198 g/mol. The molecule has 2 saturated carbocycles. The molecule has 0 unspecified atom stereocenters. The number of rotatable bonds is 7. The molecule has 0 aromatic heterocycles. The first-order chi connectivity index (χ1) is 6.79. The average Bonchev–Trinajstić information content (AvgIpc) is 3.04. The molecule has 0 spiro atoms. The standard InChI is InChI=1S/C11H22N2O/c1-14-7-6-13(10-2-3-10)9-11(8-12)4-5-11/h10H,2-9,12H2,1H3. The van der Waals surface area contributed by atoms with E-state index in [0.29, 0.717) is 5.41 Å². The highest BCUT2D eigenvalue weighted by Gasteiger charge is 2.44. The molecule has 0 aromatic carbocycles. The van der Waals surface area contributed by atoms with Gasteiger partial charge in [0.1, 0.15) is 0 Å². The van der Waals surface area contributed by atoms with Crippen molar-refractivity contribution >= 4 is 0 Å². The second-order valence-electron chi connectivity index (χ2n) is 4.90. The molecule has 0 bridgehead atoms. The number of hydrogen-bond acceptors (Lipinski definition) is 3. The summed E-state index contributed by atoms with van der Waals surface area (Å²) in [6.45, 7) is 4.01. The van der Waals surface area contributed by atoms with Crippen LogP contribution < -0.4 is 5.73 Å². The third-order valence-electron chi connectivity index (χ3n) is 3.57. The van der Waals surface area contributed by atoms with Crippen molar-refractivity contribution in [1.82, 2.24) is 4.90 Å². The van der Waals surface area contributed by atoms with E-state index >= 15 is 0 Å². The molecular weight excluding hydrogens is 176 g/mol. The van der Waals surface area contributed by atoms with Gasteiger partial charge < -0.3 is 10.5 Å².